The molecule has 0 bridgehead atoms. The van der Waals surface area contributed by atoms with Gasteiger partial charge in [0.25, 0.3) is 0 Å². The standard InChI is InChI=1S/C29H37N3O3S/c1-20(2)25-15-10-21(3)18-26(25)35-27(33)19-36-29-31-30-28(23-11-13-24(34-4)14-12-23)32(29)17-16-22-8-6-5-7-9-22/h5-9,11-14,20-21,25-26H,10,15-19H2,1-4H3/t21-,25+,26+/m0/s1. The van der Waals surface area contributed by atoms with Gasteiger partial charge in [-0.3, -0.25) is 4.79 Å². The monoisotopic (exact) mass is 507 g/mol. The van der Waals surface area contributed by atoms with E-state index in [1.165, 1.54) is 23.7 Å². The van der Waals surface area contributed by atoms with Gasteiger partial charge >= 0.3 is 5.97 Å². The highest BCUT2D eigenvalue weighted by molar-refractivity contribution is 7.99. The van der Waals surface area contributed by atoms with Gasteiger partial charge in [0.1, 0.15) is 11.9 Å². The summed E-state index contributed by atoms with van der Waals surface area (Å²) in [5.74, 6) is 3.17. The molecule has 1 fully saturated rings. The maximum Gasteiger partial charge on any atom is 0.316 e. The number of esters is 1. The van der Waals surface area contributed by atoms with Crippen molar-refractivity contribution in [2.45, 2.75) is 64.3 Å². The van der Waals surface area contributed by atoms with E-state index in [1.54, 1.807) is 7.11 Å². The molecule has 1 aromatic heterocycles. The minimum absolute atomic E-state index is 0.00709. The van der Waals surface area contributed by atoms with Gasteiger partial charge in [-0.05, 0) is 66.8 Å². The molecule has 2 aromatic carbocycles. The topological polar surface area (TPSA) is 66.2 Å². The van der Waals surface area contributed by atoms with Crippen LogP contribution in [-0.2, 0) is 22.5 Å². The molecule has 4 rings (SSSR count). The van der Waals surface area contributed by atoms with Crippen LogP contribution in [0.3, 0.4) is 0 Å². The molecule has 0 radical (unpaired) electrons. The Hall–Kier alpha value is -2.80. The van der Waals surface area contributed by atoms with E-state index in [1.807, 2.05) is 42.5 Å². The molecular formula is C29H37N3O3S. The molecule has 0 saturated heterocycles. The summed E-state index contributed by atoms with van der Waals surface area (Å²) in [5.41, 5.74) is 2.20. The summed E-state index contributed by atoms with van der Waals surface area (Å²) in [6.45, 7) is 7.42. The molecule has 0 aliphatic heterocycles. The summed E-state index contributed by atoms with van der Waals surface area (Å²) in [6.07, 6.45) is 4.14. The van der Waals surface area contributed by atoms with Crippen LogP contribution in [0, 0.1) is 17.8 Å². The number of hydrogen-bond donors (Lipinski definition) is 0. The molecule has 6 nitrogen and oxygen atoms in total. The highest BCUT2D eigenvalue weighted by Gasteiger charge is 2.33. The molecule has 1 aliphatic rings. The quantitative estimate of drug-likeness (QED) is 0.237. The molecule has 1 heterocycles. The van der Waals surface area contributed by atoms with Crippen molar-refractivity contribution < 1.29 is 14.3 Å². The van der Waals surface area contributed by atoms with E-state index < -0.39 is 0 Å². The number of rotatable bonds is 10. The first-order valence-corrected chi connectivity index (χ1v) is 13.9. The van der Waals surface area contributed by atoms with Gasteiger partial charge in [0.15, 0.2) is 11.0 Å². The Morgan fingerprint density at radius 3 is 2.53 bits per heavy atom. The average Bonchev–Trinajstić information content (AvgIpc) is 3.29. The fourth-order valence-electron chi connectivity index (χ4n) is 5.01. The number of thioether (sulfide) groups is 1. The molecule has 3 aromatic rings. The lowest BCUT2D eigenvalue weighted by atomic mass is 9.75. The zero-order valence-corrected chi connectivity index (χ0v) is 22.5. The lowest BCUT2D eigenvalue weighted by molar-refractivity contribution is -0.152. The van der Waals surface area contributed by atoms with Crippen molar-refractivity contribution in [3.05, 3.63) is 60.2 Å². The number of nitrogens with zero attached hydrogens (tertiary/aromatic N) is 3. The molecule has 1 aliphatic carbocycles. The molecule has 192 valence electrons. The van der Waals surface area contributed by atoms with Crippen molar-refractivity contribution in [1.82, 2.24) is 14.8 Å². The SMILES string of the molecule is COc1ccc(-c2nnc(SCC(=O)O[C@@H]3C[C@@H](C)CC[C@@H]3C(C)C)n2CCc2ccccc2)cc1. The summed E-state index contributed by atoms with van der Waals surface area (Å²) in [7, 11) is 1.66. The maximum absolute atomic E-state index is 12.9. The highest BCUT2D eigenvalue weighted by Crippen LogP contribution is 2.35. The molecule has 3 atom stereocenters. The van der Waals surface area contributed by atoms with Gasteiger partial charge in [-0.2, -0.15) is 0 Å². The highest BCUT2D eigenvalue weighted by atomic mass is 32.2. The fourth-order valence-corrected chi connectivity index (χ4v) is 5.76. The van der Waals surface area contributed by atoms with Gasteiger partial charge in [0.2, 0.25) is 0 Å². The lowest BCUT2D eigenvalue weighted by Crippen LogP contribution is -2.36. The fraction of sp³-hybridized carbons (Fsp3) is 0.483. The predicted molar refractivity (Wildman–Crippen MR) is 144 cm³/mol. The normalized spacial score (nSPS) is 19.9. The van der Waals surface area contributed by atoms with E-state index in [0.29, 0.717) is 24.3 Å². The molecule has 0 unspecified atom stereocenters. The number of hydrogen-bond acceptors (Lipinski definition) is 6. The number of carbonyl (C=O) groups excluding carboxylic acids is 1. The number of benzene rings is 2. The summed E-state index contributed by atoms with van der Waals surface area (Å²) in [6, 6.07) is 18.2. The van der Waals surface area contributed by atoms with Crippen LogP contribution in [0.1, 0.15) is 45.6 Å². The van der Waals surface area contributed by atoms with Crippen molar-refractivity contribution in [3.8, 4) is 17.1 Å². The Morgan fingerprint density at radius 2 is 1.83 bits per heavy atom. The van der Waals surface area contributed by atoms with Crippen LogP contribution in [0.5, 0.6) is 5.75 Å². The van der Waals surface area contributed by atoms with Crippen molar-refractivity contribution >= 4 is 17.7 Å². The zero-order valence-electron chi connectivity index (χ0n) is 21.7. The first-order chi connectivity index (χ1) is 17.4. The van der Waals surface area contributed by atoms with E-state index in [2.05, 4.69) is 47.7 Å². The van der Waals surface area contributed by atoms with Crippen LogP contribution in [0.4, 0.5) is 0 Å². The van der Waals surface area contributed by atoms with Gasteiger partial charge in [-0.25, -0.2) is 0 Å². The van der Waals surface area contributed by atoms with Crippen LogP contribution in [0.2, 0.25) is 0 Å². The number of methoxy groups -OCH3 is 1. The van der Waals surface area contributed by atoms with E-state index in [9.17, 15) is 4.79 Å². The molecule has 7 heteroatoms. The molecule has 36 heavy (non-hydrogen) atoms. The smallest absolute Gasteiger partial charge is 0.316 e. The predicted octanol–water partition coefficient (Wildman–Crippen LogP) is 6.29. The van der Waals surface area contributed by atoms with Gasteiger partial charge in [0.05, 0.1) is 12.9 Å². The van der Waals surface area contributed by atoms with Crippen molar-refractivity contribution in [2.75, 3.05) is 12.9 Å². The minimum atomic E-state index is -0.173. The molecule has 1 saturated carbocycles. The van der Waals surface area contributed by atoms with Crippen molar-refractivity contribution in [2.24, 2.45) is 17.8 Å². The van der Waals surface area contributed by atoms with Crippen LogP contribution in [-0.4, -0.2) is 39.7 Å². The summed E-state index contributed by atoms with van der Waals surface area (Å²) in [5, 5.41) is 9.68. The zero-order chi connectivity index (χ0) is 25.5. The third-order valence-corrected chi connectivity index (χ3v) is 8.04. The van der Waals surface area contributed by atoms with Gasteiger partial charge in [-0.15, -0.1) is 10.2 Å². The number of carbonyl (C=O) groups is 1. The minimum Gasteiger partial charge on any atom is -0.497 e. The number of ether oxygens (including phenoxy) is 2. The van der Waals surface area contributed by atoms with Crippen LogP contribution >= 0.6 is 11.8 Å². The first kappa shape index (κ1) is 26.3. The summed E-state index contributed by atoms with van der Waals surface area (Å²) < 4.78 is 13.4. The van der Waals surface area contributed by atoms with E-state index in [4.69, 9.17) is 9.47 Å². The molecule has 0 amide bonds. The average molecular weight is 508 g/mol. The van der Waals surface area contributed by atoms with Crippen LogP contribution in [0.15, 0.2) is 59.8 Å². The van der Waals surface area contributed by atoms with Crippen LogP contribution in [0.25, 0.3) is 11.4 Å². The Morgan fingerprint density at radius 1 is 1.08 bits per heavy atom. The van der Waals surface area contributed by atoms with Crippen LogP contribution < -0.4 is 4.74 Å². The van der Waals surface area contributed by atoms with E-state index >= 15 is 0 Å². The van der Waals surface area contributed by atoms with E-state index in [-0.39, 0.29) is 17.8 Å². The maximum atomic E-state index is 12.9. The second kappa shape index (κ2) is 12.4. The van der Waals surface area contributed by atoms with Gasteiger partial charge < -0.3 is 14.0 Å². The third kappa shape index (κ3) is 6.69. The summed E-state index contributed by atoms with van der Waals surface area (Å²) >= 11 is 1.40. The lowest BCUT2D eigenvalue weighted by Gasteiger charge is -2.36. The number of aromatic nitrogens is 3. The Balaban J connectivity index is 1.47. The second-order valence-corrected chi connectivity index (χ2v) is 11.0. The first-order valence-electron chi connectivity index (χ1n) is 12.9. The van der Waals surface area contributed by atoms with E-state index in [0.717, 1.165) is 41.6 Å². The Labute approximate surface area is 218 Å². The molecule has 0 spiro atoms. The van der Waals surface area contributed by atoms with Crippen molar-refractivity contribution in [3.63, 3.8) is 0 Å². The van der Waals surface area contributed by atoms with Gasteiger partial charge in [-0.1, -0.05) is 69.3 Å². The number of aryl methyl sites for hydroxylation is 1. The Kier molecular flexibility index (Phi) is 9.08. The second-order valence-electron chi connectivity index (χ2n) is 10.1. The third-order valence-electron chi connectivity index (χ3n) is 7.10. The van der Waals surface area contributed by atoms with Gasteiger partial charge in [0, 0.05) is 12.1 Å². The van der Waals surface area contributed by atoms with Crippen molar-refractivity contribution in [1.29, 1.82) is 0 Å². The largest absolute Gasteiger partial charge is 0.497 e. The Bertz CT molecular complexity index is 1110. The molecular weight excluding hydrogens is 470 g/mol. The molecule has 0 N–H and O–H groups in total. The summed E-state index contributed by atoms with van der Waals surface area (Å²) in [4.78, 5) is 12.9.